The lowest BCUT2D eigenvalue weighted by atomic mass is 10.2. The molecule has 0 amide bonds. The van der Waals surface area contributed by atoms with Gasteiger partial charge >= 0.3 is 0 Å². The number of hydrogen-bond acceptors (Lipinski definition) is 3. The molecule has 4 heteroatoms. The van der Waals surface area contributed by atoms with E-state index in [1.54, 1.807) is 12.1 Å². The zero-order chi connectivity index (χ0) is 13.0. The van der Waals surface area contributed by atoms with E-state index in [4.69, 9.17) is 0 Å². The van der Waals surface area contributed by atoms with E-state index in [1.165, 1.54) is 5.69 Å². The van der Waals surface area contributed by atoms with E-state index in [2.05, 4.69) is 24.3 Å². The Balaban J connectivity index is 1.98. The molecule has 1 aromatic heterocycles. The SMILES string of the molecule is CCn1nccc1C(C)NCc1cccc(O)c1. The minimum absolute atomic E-state index is 0.231. The third-order valence-corrected chi connectivity index (χ3v) is 3.02. The third kappa shape index (κ3) is 2.90. The van der Waals surface area contributed by atoms with E-state index in [1.807, 2.05) is 29.1 Å². The van der Waals surface area contributed by atoms with E-state index in [9.17, 15) is 5.11 Å². The lowest BCUT2D eigenvalue weighted by Gasteiger charge is -2.15. The second kappa shape index (κ2) is 5.69. The first-order valence-electron chi connectivity index (χ1n) is 6.23. The van der Waals surface area contributed by atoms with Crippen LogP contribution in [0.5, 0.6) is 5.75 Å². The molecule has 0 bridgehead atoms. The number of aromatic hydroxyl groups is 1. The van der Waals surface area contributed by atoms with Crippen LogP contribution in [-0.4, -0.2) is 14.9 Å². The summed E-state index contributed by atoms with van der Waals surface area (Å²) in [6, 6.07) is 9.57. The van der Waals surface area contributed by atoms with Crippen molar-refractivity contribution in [3.05, 3.63) is 47.8 Å². The second-order valence-corrected chi connectivity index (χ2v) is 4.34. The minimum Gasteiger partial charge on any atom is -0.508 e. The molecule has 0 spiro atoms. The Kier molecular flexibility index (Phi) is 3.99. The van der Waals surface area contributed by atoms with E-state index in [-0.39, 0.29) is 6.04 Å². The van der Waals surface area contributed by atoms with Gasteiger partial charge in [-0.05, 0) is 37.6 Å². The Morgan fingerprint density at radius 2 is 2.22 bits per heavy atom. The monoisotopic (exact) mass is 245 g/mol. The summed E-state index contributed by atoms with van der Waals surface area (Å²) < 4.78 is 1.99. The standard InChI is InChI=1S/C14H19N3O/c1-3-17-14(7-8-16-17)11(2)15-10-12-5-4-6-13(18)9-12/h4-9,11,15,18H,3,10H2,1-2H3. The molecular formula is C14H19N3O. The van der Waals surface area contributed by atoms with Gasteiger partial charge in [-0.3, -0.25) is 4.68 Å². The smallest absolute Gasteiger partial charge is 0.115 e. The molecular weight excluding hydrogens is 226 g/mol. The van der Waals surface area contributed by atoms with Crippen molar-refractivity contribution in [3.63, 3.8) is 0 Å². The van der Waals surface area contributed by atoms with Gasteiger partial charge in [-0.15, -0.1) is 0 Å². The summed E-state index contributed by atoms with van der Waals surface area (Å²) in [4.78, 5) is 0. The molecule has 1 heterocycles. The predicted octanol–water partition coefficient (Wildman–Crippen LogP) is 2.46. The van der Waals surface area contributed by atoms with Gasteiger partial charge in [0.05, 0.1) is 5.69 Å². The first kappa shape index (κ1) is 12.6. The Morgan fingerprint density at radius 1 is 1.39 bits per heavy atom. The molecule has 0 aliphatic heterocycles. The fourth-order valence-corrected chi connectivity index (χ4v) is 2.02. The van der Waals surface area contributed by atoms with Crippen LogP contribution in [0.2, 0.25) is 0 Å². The van der Waals surface area contributed by atoms with E-state index >= 15 is 0 Å². The van der Waals surface area contributed by atoms with Crippen LogP contribution >= 0.6 is 0 Å². The average molecular weight is 245 g/mol. The average Bonchev–Trinajstić information content (AvgIpc) is 2.84. The maximum absolute atomic E-state index is 9.40. The number of phenolic OH excluding ortho intramolecular Hbond substituents is 1. The number of rotatable bonds is 5. The number of aryl methyl sites for hydroxylation is 1. The first-order valence-corrected chi connectivity index (χ1v) is 6.23. The highest BCUT2D eigenvalue weighted by Gasteiger charge is 2.09. The van der Waals surface area contributed by atoms with Crippen LogP contribution in [0.3, 0.4) is 0 Å². The van der Waals surface area contributed by atoms with Gasteiger partial charge < -0.3 is 10.4 Å². The maximum atomic E-state index is 9.40. The minimum atomic E-state index is 0.231. The summed E-state index contributed by atoms with van der Waals surface area (Å²) in [5.74, 6) is 0.306. The van der Waals surface area contributed by atoms with Crippen molar-refractivity contribution in [2.45, 2.75) is 33.0 Å². The molecule has 18 heavy (non-hydrogen) atoms. The topological polar surface area (TPSA) is 50.1 Å². The summed E-state index contributed by atoms with van der Waals surface area (Å²) in [5.41, 5.74) is 2.25. The number of phenols is 1. The summed E-state index contributed by atoms with van der Waals surface area (Å²) in [6.07, 6.45) is 1.82. The Bertz CT molecular complexity index is 507. The van der Waals surface area contributed by atoms with Crippen LogP contribution < -0.4 is 5.32 Å². The number of nitrogens with one attached hydrogen (secondary N) is 1. The third-order valence-electron chi connectivity index (χ3n) is 3.02. The van der Waals surface area contributed by atoms with Gasteiger partial charge in [0.1, 0.15) is 5.75 Å². The van der Waals surface area contributed by atoms with Crippen LogP contribution in [0.4, 0.5) is 0 Å². The fourth-order valence-electron chi connectivity index (χ4n) is 2.02. The molecule has 2 rings (SSSR count). The van der Waals surface area contributed by atoms with Crippen molar-refractivity contribution in [2.24, 2.45) is 0 Å². The molecule has 2 N–H and O–H groups in total. The zero-order valence-corrected chi connectivity index (χ0v) is 10.8. The fraction of sp³-hybridized carbons (Fsp3) is 0.357. The van der Waals surface area contributed by atoms with Crippen molar-refractivity contribution < 1.29 is 5.11 Å². The van der Waals surface area contributed by atoms with Crippen LogP contribution in [0, 0.1) is 0 Å². The van der Waals surface area contributed by atoms with Gasteiger partial charge in [0, 0.05) is 25.3 Å². The lowest BCUT2D eigenvalue weighted by molar-refractivity contribution is 0.472. The van der Waals surface area contributed by atoms with E-state index in [0.717, 1.165) is 18.7 Å². The van der Waals surface area contributed by atoms with Crippen molar-refractivity contribution in [1.82, 2.24) is 15.1 Å². The molecule has 0 saturated heterocycles. The van der Waals surface area contributed by atoms with Gasteiger partial charge in [0.2, 0.25) is 0 Å². The molecule has 4 nitrogen and oxygen atoms in total. The molecule has 0 aliphatic rings. The van der Waals surface area contributed by atoms with Gasteiger partial charge in [0.15, 0.2) is 0 Å². The molecule has 1 atom stereocenters. The molecule has 0 aliphatic carbocycles. The van der Waals surface area contributed by atoms with Crippen molar-refractivity contribution in [1.29, 1.82) is 0 Å². The van der Waals surface area contributed by atoms with Gasteiger partial charge in [-0.2, -0.15) is 5.10 Å². The summed E-state index contributed by atoms with van der Waals surface area (Å²) in [7, 11) is 0. The summed E-state index contributed by atoms with van der Waals surface area (Å²) in [6.45, 7) is 5.80. The highest BCUT2D eigenvalue weighted by molar-refractivity contribution is 5.27. The van der Waals surface area contributed by atoms with Crippen LogP contribution in [0.1, 0.15) is 31.1 Å². The van der Waals surface area contributed by atoms with Crippen molar-refractivity contribution >= 4 is 0 Å². The van der Waals surface area contributed by atoms with Crippen molar-refractivity contribution in [2.75, 3.05) is 0 Å². The molecule has 0 saturated carbocycles. The van der Waals surface area contributed by atoms with Crippen LogP contribution in [0.15, 0.2) is 36.5 Å². The van der Waals surface area contributed by atoms with Crippen molar-refractivity contribution in [3.8, 4) is 5.75 Å². The quantitative estimate of drug-likeness (QED) is 0.850. The summed E-state index contributed by atoms with van der Waals surface area (Å²) in [5, 5.41) is 17.1. The summed E-state index contributed by atoms with van der Waals surface area (Å²) >= 11 is 0. The lowest BCUT2D eigenvalue weighted by Crippen LogP contribution is -2.21. The first-order chi connectivity index (χ1) is 8.70. The van der Waals surface area contributed by atoms with Gasteiger partial charge in [-0.1, -0.05) is 12.1 Å². The van der Waals surface area contributed by atoms with Crippen LogP contribution in [0.25, 0.3) is 0 Å². The number of hydrogen-bond donors (Lipinski definition) is 2. The zero-order valence-electron chi connectivity index (χ0n) is 10.8. The number of benzene rings is 1. The Hall–Kier alpha value is -1.81. The van der Waals surface area contributed by atoms with Gasteiger partial charge in [0.25, 0.3) is 0 Å². The molecule has 2 aromatic rings. The Labute approximate surface area is 107 Å². The predicted molar refractivity (Wildman–Crippen MR) is 71.3 cm³/mol. The maximum Gasteiger partial charge on any atom is 0.115 e. The Morgan fingerprint density at radius 3 is 2.94 bits per heavy atom. The number of aromatic nitrogens is 2. The molecule has 1 unspecified atom stereocenters. The highest BCUT2D eigenvalue weighted by atomic mass is 16.3. The van der Waals surface area contributed by atoms with Gasteiger partial charge in [-0.25, -0.2) is 0 Å². The molecule has 96 valence electrons. The second-order valence-electron chi connectivity index (χ2n) is 4.34. The van der Waals surface area contributed by atoms with E-state index in [0.29, 0.717) is 5.75 Å². The molecule has 0 fully saturated rings. The highest BCUT2D eigenvalue weighted by Crippen LogP contribution is 2.14. The van der Waals surface area contributed by atoms with Crippen LogP contribution in [-0.2, 0) is 13.1 Å². The molecule has 0 radical (unpaired) electrons. The largest absolute Gasteiger partial charge is 0.508 e. The normalized spacial score (nSPS) is 12.6. The number of nitrogens with zero attached hydrogens (tertiary/aromatic N) is 2. The van der Waals surface area contributed by atoms with E-state index < -0.39 is 0 Å². The molecule has 1 aromatic carbocycles.